The number of urea groups is 1. The number of rotatable bonds is 9. The van der Waals surface area contributed by atoms with E-state index in [1.807, 2.05) is 66.7 Å². The molecule has 2 amide bonds. The molecule has 5 aromatic rings. The molecule has 8 heteroatoms. The summed E-state index contributed by atoms with van der Waals surface area (Å²) in [6, 6.07) is 34.4. The molecule has 1 fully saturated rings. The standard InChI is InChI=1S/C49H54N2O6/c1-33-9-8-27-48(2)45(43-25-15-34(29-39(52)20-14-33)30-44(43)46(53)36-16-21-40(56-3)22-17-36)26-28-49(48,55)32-51(47(54)50-38-18-23-41(57-4)24-19-38)31-37-12-7-11-35-10-5-6-13-42(35)37/h5-7,9-13,15-19,21-25,30,39,45,52,55H,8,14,20,26-29,31-32H2,1-4H3,(H,50,54)/t39-,45-,48-,49+/m0/s1. The number of hydrogen-bond donors (Lipinski definition) is 3. The summed E-state index contributed by atoms with van der Waals surface area (Å²) in [5.41, 5.74) is 3.66. The molecule has 0 aromatic heterocycles. The van der Waals surface area contributed by atoms with Crippen molar-refractivity contribution in [2.24, 2.45) is 5.41 Å². The van der Waals surface area contributed by atoms with E-state index in [0.717, 1.165) is 33.9 Å². The Bertz CT molecular complexity index is 2240. The molecule has 0 radical (unpaired) electrons. The number of carbonyl (C=O) groups excluding carboxylic acids is 2. The first-order valence-corrected chi connectivity index (χ1v) is 20.0. The molecule has 57 heavy (non-hydrogen) atoms. The minimum absolute atomic E-state index is 0.0833. The fourth-order valence-corrected chi connectivity index (χ4v) is 9.12. The first-order chi connectivity index (χ1) is 27.5. The molecule has 8 nitrogen and oxygen atoms in total. The van der Waals surface area contributed by atoms with E-state index in [-0.39, 0.29) is 30.8 Å². The van der Waals surface area contributed by atoms with Crippen molar-refractivity contribution in [3.63, 3.8) is 0 Å². The number of carbonyl (C=O) groups is 2. The second-order valence-corrected chi connectivity index (χ2v) is 16.2. The Morgan fingerprint density at radius 2 is 1.56 bits per heavy atom. The molecule has 0 unspecified atom stereocenters. The predicted octanol–water partition coefficient (Wildman–Crippen LogP) is 9.86. The predicted molar refractivity (Wildman–Crippen MR) is 226 cm³/mol. The zero-order valence-electron chi connectivity index (χ0n) is 33.5. The lowest BCUT2D eigenvalue weighted by atomic mass is 9.64. The van der Waals surface area contributed by atoms with Crippen molar-refractivity contribution in [3.05, 3.63) is 149 Å². The molecule has 296 valence electrons. The molecule has 0 heterocycles. The SMILES string of the molecule is COc1ccc(NC(=O)N(Cc2cccc3ccccc23)C[C@]2(O)CC[C@H]3c4ccc(cc4C(=O)c4ccc(OC)cc4)C[C@@H](O)CCC(C)=CCC[C@@]32C)cc1. The van der Waals surface area contributed by atoms with Gasteiger partial charge in [0.1, 0.15) is 11.5 Å². The Labute approximate surface area is 336 Å². The van der Waals surface area contributed by atoms with Crippen molar-refractivity contribution in [2.45, 2.75) is 83.0 Å². The van der Waals surface area contributed by atoms with Gasteiger partial charge >= 0.3 is 6.03 Å². The second kappa shape index (κ2) is 17.0. The lowest BCUT2D eigenvalue weighted by molar-refractivity contribution is -0.0773. The molecule has 2 bridgehead atoms. The van der Waals surface area contributed by atoms with Crippen LogP contribution in [0.5, 0.6) is 11.5 Å². The summed E-state index contributed by atoms with van der Waals surface area (Å²) in [5.74, 6) is 1.05. The fourth-order valence-electron chi connectivity index (χ4n) is 9.12. The van der Waals surface area contributed by atoms with E-state index in [1.54, 1.807) is 43.4 Å². The highest BCUT2D eigenvalue weighted by atomic mass is 16.5. The summed E-state index contributed by atoms with van der Waals surface area (Å²) in [4.78, 5) is 30.7. The highest BCUT2D eigenvalue weighted by molar-refractivity contribution is 6.10. The zero-order valence-corrected chi connectivity index (χ0v) is 33.5. The molecule has 0 spiro atoms. The summed E-state index contributed by atoms with van der Waals surface area (Å²) in [6.07, 6.45) is 5.91. The first kappa shape index (κ1) is 39.8. The van der Waals surface area contributed by atoms with Crippen LogP contribution in [-0.2, 0) is 13.0 Å². The lowest BCUT2D eigenvalue weighted by Gasteiger charge is -2.46. The number of ketones is 1. The second-order valence-electron chi connectivity index (χ2n) is 16.2. The number of nitrogens with one attached hydrogen (secondary N) is 1. The number of ether oxygens (including phenoxy) is 2. The Kier molecular flexibility index (Phi) is 11.8. The molecule has 4 atom stereocenters. The maximum absolute atomic E-state index is 14.5. The Balaban J connectivity index is 1.30. The van der Waals surface area contributed by atoms with E-state index in [0.29, 0.717) is 66.8 Å². The minimum atomic E-state index is -1.31. The Morgan fingerprint density at radius 3 is 2.30 bits per heavy atom. The van der Waals surface area contributed by atoms with Crippen molar-refractivity contribution >= 4 is 28.3 Å². The normalized spacial score (nSPS) is 22.2. The zero-order chi connectivity index (χ0) is 40.2. The molecular formula is C49H54N2O6. The number of aliphatic hydroxyl groups excluding tert-OH is 1. The van der Waals surface area contributed by atoms with E-state index in [1.165, 1.54) is 5.57 Å². The van der Waals surface area contributed by atoms with Crippen LogP contribution >= 0.6 is 0 Å². The number of benzene rings is 5. The first-order valence-electron chi connectivity index (χ1n) is 20.0. The number of methoxy groups -OCH3 is 2. The van der Waals surface area contributed by atoms with E-state index < -0.39 is 17.1 Å². The molecule has 0 aliphatic heterocycles. The van der Waals surface area contributed by atoms with Crippen LogP contribution in [-0.4, -0.2) is 59.4 Å². The monoisotopic (exact) mass is 766 g/mol. The molecular weight excluding hydrogens is 713 g/mol. The maximum Gasteiger partial charge on any atom is 0.322 e. The van der Waals surface area contributed by atoms with Gasteiger partial charge in [0.15, 0.2) is 5.78 Å². The fraction of sp³-hybridized carbons (Fsp3) is 0.347. The molecule has 8 rings (SSSR count). The topological polar surface area (TPSA) is 108 Å². The van der Waals surface area contributed by atoms with Gasteiger partial charge in [-0.15, -0.1) is 0 Å². The van der Waals surface area contributed by atoms with Crippen molar-refractivity contribution in [2.75, 3.05) is 26.1 Å². The largest absolute Gasteiger partial charge is 0.497 e. The number of nitrogens with zero attached hydrogens (tertiary/aromatic N) is 1. The van der Waals surface area contributed by atoms with E-state index in [4.69, 9.17) is 9.47 Å². The van der Waals surface area contributed by atoms with E-state index >= 15 is 0 Å². The van der Waals surface area contributed by atoms with Crippen molar-refractivity contribution in [1.82, 2.24) is 4.90 Å². The van der Waals surface area contributed by atoms with Crippen LogP contribution in [0.4, 0.5) is 10.5 Å². The third-order valence-electron chi connectivity index (χ3n) is 12.6. The average Bonchev–Trinajstić information content (AvgIpc) is 3.48. The van der Waals surface area contributed by atoms with Gasteiger partial charge in [-0.2, -0.15) is 0 Å². The lowest BCUT2D eigenvalue weighted by Crippen LogP contribution is -2.54. The third kappa shape index (κ3) is 8.48. The van der Waals surface area contributed by atoms with Gasteiger partial charge in [0.25, 0.3) is 0 Å². The number of aliphatic hydroxyl groups is 2. The number of hydrogen-bond acceptors (Lipinski definition) is 6. The molecule has 3 aliphatic carbocycles. The van der Waals surface area contributed by atoms with Gasteiger partial charge in [-0.3, -0.25) is 4.79 Å². The number of anilines is 1. The van der Waals surface area contributed by atoms with Crippen LogP contribution in [0.2, 0.25) is 0 Å². The maximum atomic E-state index is 14.5. The van der Waals surface area contributed by atoms with Crippen molar-refractivity contribution < 1.29 is 29.3 Å². The highest BCUT2D eigenvalue weighted by Crippen LogP contribution is 2.59. The van der Waals surface area contributed by atoms with E-state index in [9.17, 15) is 19.8 Å². The van der Waals surface area contributed by atoms with Gasteiger partial charge in [-0.25, -0.2) is 4.79 Å². The number of fused-ring (bicyclic) bond motifs is 9. The quantitative estimate of drug-likeness (QED) is 0.102. The van der Waals surface area contributed by atoms with Crippen LogP contribution in [0.15, 0.2) is 121 Å². The minimum Gasteiger partial charge on any atom is -0.497 e. The van der Waals surface area contributed by atoms with Gasteiger partial charge in [0, 0.05) is 28.8 Å². The third-order valence-corrected chi connectivity index (χ3v) is 12.6. The summed E-state index contributed by atoms with van der Waals surface area (Å²) in [5, 5.41) is 29.5. The van der Waals surface area contributed by atoms with Crippen LogP contribution in [0.1, 0.15) is 90.9 Å². The Hall–Kier alpha value is -5.44. The highest BCUT2D eigenvalue weighted by Gasteiger charge is 2.57. The van der Waals surface area contributed by atoms with Gasteiger partial charge in [0.05, 0.1) is 32.5 Å². The van der Waals surface area contributed by atoms with Gasteiger partial charge < -0.3 is 29.9 Å². The van der Waals surface area contributed by atoms with Crippen LogP contribution in [0.3, 0.4) is 0 Å². The van der Waals surface area contributed by atoms with Crippen molar-refractivity contribution in [1.29, 1.82) is 0 Å². The van der Waals surface area contributed by atoms with E-state index in [2.05, 4.69) is 43.4 Å². The summed E-state index contributed by atoms with van der Waals surface area (Å²) >= 11 is 0. The molecule has 0 saturated heterocycles. The Morgan fingerprint density at radius 1 is 0.860 bits per heavy atom. The number of allylic oxidation sites excluding steroid dienone is 2. The number of amides is 2. The van der Waals surface area contributed by atoms with Gasteiger partial charge in [-0.05, 0) is 140 Å². The van der Waals surface area contributed by atoms with Crippen LogP contribution in [0.25, 0.3) is 10.8 Å². The van der Waals surface area contributed by atoms with Crippen molar-refractivity contribution in [3.8, 4) is 11.5 Å². The summed E-state index contributed by atoms with van der Waals surface area (Å²) < 4.78 is 10.7. The molecule has 1 saturated carbocycles. The van der Waals surface area contributed by atoms with Crippen LogP contribution < -0.4 is 14.8 Å². The molecule has 3 N–H and O–H groups in total. The summed E-state index contributed by atoms with van der Waals surface area (Å²) in [7, 11) is 3.21. The smallest absolute Gasteiger partial charge is 0.322 e. The van der Waals surface area contributed by atoms with Crippen LogP contribution in [0, 0.1) is 5.41 Å². The average molecular weight is 767 g/mol. The molecule has 3 aliphatic rings. The van der Waals surface area contributed by atoms with Gasteiger partial charge in [0.2, 0.25) is 0 Å². The molecule has 5 aromatic carbocycles. The van der Waals surface area contributed by atoms with Gasteiger partial charge in [-0.1, -0.05) is 73.2 Å². The summed E-state index contributed by atoms with van der Waals surface area (Å²) in [6.45, 7) is 4.62.